The Hall–Kier alpha value is -1.76. The normalized spacial score (nSPS) is 24.4. The van der Waals surface area contributed by atoms with Gasteiger partial charge in [-0.1, -0.05) is 38.5 Å². The quantitative estimate of drug-likeness (QED) is 0.804. The SMILES string of the molecule is Cc1occc1-c1nnc(S[C@H](C)C(=O)N[C@@H]2CCC[C@H](C)[C@@H]2C)n1C. The van der Waals surface area contributed by atoms with Gasteiger partial charge in [0.25, 0.3) is 0 Å². The van der Waals surface area contributed by atoms with Gasteiger partial charge in [0.15, 0.2) is 11.0 Å². The molecular formula is C19H28N4O2S. The predicted molar refractivity (Wildman–Crippen MR) is 103 cm³/mol. The van der Waals surface area contributed by atoms with Gasteiger partial charge in [0.1, 0.15) is 5.76 Å². The molecule has 1 amide bonds. The number of rotatable bonds is 5. The van der Waals surface area contributed by atoms with Gasteiger partial charge in [0.05, 0.1) is 17.1 Å². The molecule has 4 atom stereocenters. The molecule has 7 heteroatoms. The lowest BCUT2D eigenvalue weighted by Crippen LogP contribution is -2.46. The summed E-state index contributed by atoms with van der Waals surface area (Å²) in [5.74, 6) is 2.82. The number of thioether (sulfide) groups is 1. The molecule has 6 nitrogen and oxygen atoms in total. The first-order valence-corrected chi connectivity index (χ1v) is 10.2. The van der Waals surface area contributed by atoms with E-state index < -0.39 is 0 Å². The monoisotopic (exact) mass is 376 g/mol. The van der Waals surface area contributed by atoms with E-state index in [9.17, 15) is 4.79 Å². The number of hydrogen-bond acceptors (Lipinski definition) is 5. The molecule has 1 fully saturated rings. The molecule has 0 radical (unpaired) electrons. The zero-order chi connectivity index (χ0) is 18.8. The van der Waals surface area contributed by atoms with Crippen molar-refractivity contribution in [3.63, 3.8) is 0 Å². The van der Waals surface area contributed by atoms with Crippen LogP contribution in [0.1, 0.15) is 45.8 Å². The van der Waals surface area contributed by atoms with E-state index in [0.29, 0.717) is 11.8 Å². The summed E-state index contributed by atoms with van der Waals surface area (Å²) in [4.78, 5) is 12.7. The van der Waals surface area contributed by atoms with Crippen molar-refractivity contribution in [2.75, 3.05) is 0 Å². The van der Waals surface area contributed by atoms with E-state index in [1.807, 2.05) is 31.5 Å². The van der Waals surface area contributed by atoms with E-state index in [4.69, 9.17) is 4.42 Å². The molecule has 2 aromatic heterocycles. The Balaban J connectivity index is 1.65. The topological polar surface area (TPSA) is 72.9 Å². The predicted octanol–water partition coefficient (Wildman–Crippen LogP) is 3.81. The van der Waals surface area contributed by atoms with Crippen LogP contribution in [0.4, 0.5) is 0 Å². The van der Waals surface area contributed by atoms with Gasteiger partial charge in [-0.2, -0.15) is 0 Å². The van der Waals surface area contributed by atoms with Crippen molar-refractivity contribution in [2.45, 2.75) is 63.4 Å². The standard InChI is InChI=1S/C19H28N4O2S/c1-11-7-6-8-16(12(11)2)20-18(24)14(4)26-19-22-21-17(23(19)5)15-9-10-25-13(15)3/h9-12,14,16H,6-8H2,1-5H3,(H,20,24)/t11-,12-,14+,16+/m0/s1. The molecule has 0 bridgehead atoms. The highest BCUT2D eigenvalue weighted by Gasteiger charge is 2.30. The maximum absolute atomic E-state index is 12.7. The number of aryl methyl sites for hydroxylation is 1. The maximum atomic E-state index is 12.7. The Morgan fingerprint density at radius 2 is 2.15 bits per heavy atom. The smallest absolute Gasteiger partial charge is 0.233 e. The Morgan fingerprint density at radius 3 is 2.85 bits per heavy atom. The van der Waals surface area contributed by atoms with Gasteiger partial charge in [-0.15, -0.1) is 10.2 Å². The Morgan fingerprint density at radius 1 is 1.38 bits per heavy atom. The molecule has 1 saturated carbocycles. The van der Waals surface area contributed by atoms with Crippen LogP contribution in [-0.2, 0) is 11.8 Å². The van der Waals surface area contributed by atoms with E-state index in [-0.39, 0.29) is 17.2 Å². The lowest BCUT2D eigenvalue weighted by atomic mass is 9.78. The van der Waals surface area contributed by atoms with E-state index >= 15 is 0 Å². The molecule has 142 valence electrons. The molecule has 1 aliphatic carbocycles. The van der Waals surface area contributed by atoms with Crippen LogP contribution in [0.2, 0.25) is 0 Å². The zero-order valence-electron chi connectivity index (χ0n) is 16.2. The first-order chi connectivity index (χ1) is 12.4. The highest BCUT2D eigenvalue weighted by Crippen LogP contribution is 2.31. The number of nitrogens with one attached hydrogen (secondary N) is 1. The van der Waals surface area contributed by atoms with Crippen LogP contribution in [0.15, 0.2) is 21.9 Å². The van der Waals surface area contributed by atoms with Gasteiger partial charge in [-0.05, 0) is 38.2 Å². The summed E-state index contributed by atoms with van der Waals surface area (Å²) in [5, 5.41) is 12.3. The first kappa shape index (κ1) is 19.0. The van der Waals surface area contributed by atoms with Crippen molar-refractivity contribution in [3.8, 4) is 11.4 Å². The van der Waals surface area contributed by atoms with Crippen molar-refractivity contribution >= 4 is 17.7 Å². The minimum absolute atomic E-state index is 0.0741. The molecule has 0 saturated heterocycles. The van der Waals surface area contributed by atoms with Gasteiger partial charge in [0, 0.05) is 13.1 Å². The third-order valence-electron chi connectivity index (χ3n) is 5.62. The second-order valence-corrected chi connectivity index (χ2v) is 8.71. The zero-order valence-corrected chi connectivity index (χ0v) is 17.0. The van der Waals surface area contributed by atoms with E-state index in [2.05, 4.69) is 29.4 Å². The fourth-order valence-electron chi connectivity index (χ4n) is 3.57. The lowest BCUT2D eigenvalue weighted by molar-refractivity contribution is -0.121. The summed E-state index contributed by atoms with van der Waals surface area (Å²) in [6.45, 7) is 8.35. The number of furan rings is 1. The minimum Gasteiger partial charge on any atom is -0.469 e. The highest BCUT2D eigenvalue weighted by molar-refractivity contribution is 8.00. The largest absolute Gasteiger partial charge is 0.469 e. The molecule has 0 aliphatic heterocycles. The van der Waals surface area contributed by atoms with Gasteiger partial charge in [-0.25, -0.2) is 0 Å². The van der Waals surface area contributed by atoms with Crippen LogP contribution in [0.25, 0.3) is 11.4 Å². The van der Waals surface area contributed by atoms with Crippen LogP contribution < -0.4 is 5.32 Å². The Labute approximate surface area is 159 Å². The van der Waals surface area contributed by atoms with E-state index in [1.54, 1.807) is 6.26 Å². The van der Waals surface area contributed by atoms with E-state index in [0.717, 1.165) is 28.7 Å². The van der Waals surface area contributed by atoms with Gasteiger partial charge in [0.2, 0.25) is 5.91 Å². The number of carbonyl (C=O) groups excluding carboxylic acids is 1. The molecule has 0 aromatic carbocycles. The number of hydrogen-bond donors (Lipinski definition) is 1. The molecule has 26 heavy (non-hydrogen) atoms. The van der Waals surface area contributed by atoms with E-state index in [1.165, 1.54) is 24.6 Å². The third kappa shape index (κ3) is 3.82. The summed E-state index contributed by atoms with van der Waals surface area (Å²) in [7, 11) is 1.92. The molecule has 3 rings (SSSR count). The second-order valence-electron chi connectivity index (χ2n) is 7.40. The Kier molecular flexibility index (Phi) is 5.75. The van der Waals surface area contributed by atoms with Crippen LogP contribution >= 0.6 is 11.8 Å². The van der Waals surface area contributed by atoms with Gasteiger partial charge in [-0.3, -0.25) is 4.79 Å². The Bertz CT molecular complexity index is 769. The fourth-order valence-corrected chi connectivity index (χ4v) is 4.39. The molecular weight excluding hydrogens is 348 g/mol. The van der Waals surface area contributed by atoms with Crippen LogP contribution in [0.3, 0.4) is 0 Å². The minimum atomic E-state index is -0.222. The van der Waals surface area contributed by atoms with Crippen LogP contribution in [0.5, 0.6) is 0 Å². The summed E-state index contributed by atoms with van der Waals surface area (Å²) in [6.07, 6.45) is 5.17. The summed E-state index contributed by atoms with van der Waals surface area (Å²) >= 11 is 1.44. The molecule has 2 aromatic rings. The molecule has 0 unspecified atom stereocenters. The summed E-state index contributed by atoms with van der Waals surface area (Å²) in [5.41, 5.74) is 0.925. The fraction of sp³-hybridized carbons (Fsp3) is 0.632. The summed E-state index contributed by atoms with van der Waals surface area (Å²) in [6, 6.07) is 2.16. The van der Waals surface area contributed by atoms with Crippen LogP contribution in [0, 0.1) is 18.8 Å². The molecule has 1 N–H and O–H groups in total. The lowest BCUT2D eigenvalue weighted by Gasteiger charge is -2.35. The maximum Gasteiger partial charge on any atom is 0.233 e. The van der Waals surface area contributed by atoms with Crippen molar-refractivity contribution < 1.29 is 9.21 Å². The number of amides is 1. The van der Waals surface area contributed by atoms with Gasteiger partial charge >= 0.3 is 0 Å². The van der Waals surface area contributed by atoms with Gasteiger partial charge < -0.3 is 14.3 Å². The molecule has 2 heterocycles. The molecule has 0 spiro atoms. The van der Waals surface area contributed by atoms with Crippen molar-refractivity contribution in [2.24, 2.45) is 18.9 Å². The highest BCUT2D eigenvalue weighted by atomic mass is 32.2. The van der Waals surface area contributed by atoms with Crippen molar-refractivity contribution in [1.82, 2.24) is 20.1 Å². The molecule has 1 aliphatic rings. The number of nitrogens with zero attached hydrogens (tertiary/aromatic N) is 3. The van der Waals surface area contributed by atoms with Crippen molar-refractivity contribution in [1.29, 1.82) is 0 Å². The third-order valence-corrected chi connectivity index (χ3v) is 6.75. The average molecular weight is 377 g/mol. The van der Waals surface area contributed by atoms with Crippen molar-refractivity contribution in [3.05, 3.63) is 18.1 Å². The first-order valence-electron chi connectivity index (χ1n) is 9.29. The summed E-state index contributed by atoms with van der Waals surface area (Å²) < 4.78 is 7.27. The van der Waals surface area contributed by atoms with Crippen LogP contribution in [-0.4, -0.2) is 32.0 Å². The second kappa shape index (κ2) is 7.86. The average Bonchev–Trinajstić information content (AvgIpc) is 3.18. The number of aromatic nitrogens is 3. The number of carbonyl (C=O) groups is 1.